The minimum absolute atomic E-state index is 0.318. The van der Waals surface area contributed by atoms with Gasteiger partial charge < -0.3 is 10.4 Å². The molecule has 0 radical (unpaired) electrons. The molecule has 0 aliphatic carbocycles. The average Bonchev–Trinajstić information content (AvgIpc) is 2.91. The lowest BCUT2D eigenvalue weighted by molar-refractivity contribution is -0.140. The van der Waals surface area contributed by atoms with Crippen LogP contribution >= 0.6 is 0 Å². The molecule has 0 fully saturated rings. The Labute approximate surface area is 122 Å². The van der Waals surface area contributed by atoms with E-state index in [2.05, 4.69) is 10.4 Å². The standard InChI is InChI=1S/C15H17N3O3/c1-9-4-5-13(6-10(9)2)17-14(19)12-7-16-18(8-12)11(3)15(20)21/h4-8,11H,1-3H3,(H,17,19)(H,20,21). The number of carbonyl (C=O) groups is 2. The number of aromatic nitrogens is 2. The SMILES string of the molecule is Cc1ccc(NC(=O)c2cnn(C(C)C(=O)O)c2)cc1C. The second kappa shape index (κ2) is 5.78. The third kappa shape index (κ3) is 3.28. The van der Waals surface area contributed by atoms with Crippen LogP contribution in [-0.2, 0) is 4.79 Å². The number of rotatable bonds is 4. The van der Waals surface area contributed by atoms with Crippen molar-refractivity contribution >= 4 is 17.6 Å². The second-order valence-electron chi connectivity index (χ2n) is 4.98. The largest absolute Gasteiger partial charge is 0.480 e. The zero-order valence-electron chi connectivity index (χ0n) is 12.1. The molecule has 1 aromatic heterocycles. The van der Waals surface area contributed by atoms with Gasteiger partial charge in [-0.1, -0.05) is 6.07 Å². The third-order valence-corrected chi connectivity index (χ3v) is 3.38. The quantitative estimate of drug-likeness (QED) is 0.904. The summed E-state index contributed by atoms with van der Waals surface area (Å²) in [5.74, 6) is -1.32. The van der Waals surface area contributed by atoms with Crippen molar-refractivity contribution in [1.82, 2.24) is 9.78 Å². The van der Waals surface area contributed by atoms with Crippen LogP contribution in [0, 0.1) is 13.8 Å². The molecule has 0 spiro atoms. The Balaban J connectivity index is 2.13. The van der Waals surface area contributed by atoms with Crippen LogP contribution in [-0.4, -0.2) is 26.8 Å². The van der Waals surface area contributed by atoms with Gasteiger partial charge in [-0.25, -0.2) is 4.79 Å². The van der Waals surface area contributed by atoms with Crippen molar-refractivity contribution in [3.05, 3.63) is 47.3 Å². The average molecular weight is 287 g/mol. The highest BCUT2D eigenvalue weighted by Crippen LogP contribution is 2.15. The van der Waals surface area contributed by atoms with E-state index in [1.807, 2.05) is 32.0 Å². The van der Waals surface area contributed by atoms with E-state index >= 15 is 0 Å². The summed E-state index contributed by atoms with van der Waals surface area (Å²) in [7, 11) is 0. The maximum Gasteiger partial charge on any atom is 0.328 e. The van der Waals surface area contributed by atoms with E-state index in [0.29, 0.717) is 11.3 Å². The number of aryl methyl sites for hydroxylation is 2. The maximum absolute atomic E-state index is 12.1. The molecular formula is C15H17N3O3. The molecule has 21 heavy (non-hydrogen) atoms. The Kier molecular flexibility index (Phi) is 4.07. The summed E-state index contributed by atoms with van der Waals surface area (Å²) >= 11 is 0. The summed E-state index contributed by atoms with van der Waals surface area (Å²) in [6.07, 6.45) is 2.78. The van der Waals surface area contributed by atoms with Gasteiger partial charge in [-0.3, -0.25) is 9.48 Å². The van der Waals surface area contributed by atoms with Gasteiger partial charge in [-0.05, 0) is 44.0 Å². The van der Waals surface area contributed by atoms with Crippen molar-refractivity contribution in [2.24, 2.45) is 0 Å². The zero-order valence-corrected chi connectivity index (χ0v) is 12.1. The number of nitrogens with zero attached hydrogens (tertiary/aromatic N) is 2. The molecule has 2 aromatic rings. The summed E-state index contributed by atoms with van der Waals surface area (Å²) in [6.45, 7) is 5.47. The Morgan fingerprint density at radius 2 is 2.00 bits per heavy atom. The van der Waals surface area contributed by atoms with Gasteiger partial charge in [0.15, 0.2) is 0 Å². The topological polar surface area (TPSA) is 84.2 Å². The molecule has 1 unspecified atom stereocenters. The van der Waals surface area contributed by atoms with E-state index in [0.717, 1.165) is 11.1 Å². The van der Waals surface area contributed by atoms with Gasteiger partial charge in [-0.2, -0.15) is 5.10 Å². The minimum atomic E-state index is -1.00. The van der Waals surface area contributed by atoms with Crippen LogP contribution in [0.25, 0.3) is 0 Å². The number of benzene rings is 1. The highest BCUT2D eigenvalue weighted by molar-refractivity contribution is 6.04. The predicted molar refractivity (Wildman–Crippen MR) is 78.4 cm³/mol. The first-order chi connectivity index (χ1) is 9.88. The van der Waals surface area contributed by atoms with Crippen LogP contribution in [0.3, 0.4) is 0 Å². The molecule has 1 heterocycles. The number of nitrogens with one attached hydrogen (secondary N) is 1. The van der Waals surface area contributed by atoms with Crippen molar-refractivity contribution < 1.29 is 14.7 Å². The van der Waals surface area contributed by atoms with Crippen LogP contribution in [0.4, 0.5) is 5.69 Å². The molecule has 110 valence electrons. The first-order valence-electron chi connectivity index (χ1n) is 6.54. The van der Waals surface area contributed by atoms with Gasteiger partial charge >= 0.3 is 5.97 Å². The number of aliphatic carboxylic acids is 1. The molecule has 0 aliphatic heterocycles. The molecule has 2 rings (SSSR count). The number of hydrogen-bond donors (Lipinski definition) is 2. The lowest BCUT2D eigenvalue weighted by Crippen LogP contribution is -2.16. The molecular weight excluding hydrogens is 270 g/mol. The van der Waals surface area contributed by atoms with Crippen molar-refractivity contribution in [3.63, 3.8) is 0 Å². The van der Waals surface area contributed by atoms with Crippen molar-refractivity contribution in [1.29, 1.82) is 0 Å². The first kappa shape index (κ1) is 14.8. The molecule has 2 N–H and O–H groups in total. The van der Waals surface area contributed by atoms with Crippen LogP contribution in [0.2, 0.25) is 0 Å². The molecule has 0 bridgehead atoms. The summed E-state index contributed by atoms with van der Waals surface area (Å²) < 4.78 is 1.25. The molecule has 6 nitrogen and oxygen atoms in total. The number of carboxylic acid groups (broad SMARTS) is 1. The molecule has 0 saturated heterocycles. The zero-order chi connectivity index (χ0) is 15.6. The first-order valence-corrected chi connectivity index (χ1v) is 6.54. The fourth-order valence-corrected chi connectivity index (χ4v) is 1.80. The van der Waals surface area contributed by atoms with Crippen molar-refractivity contribution in [2.45, 2.75) is 26.8 Å². The maximum atomic E-state index is 12.1. The molecule has 1 aromatic carbocycles. The van der Waals surface area contributed by atoms with Crippen LogP contribution in [0.1, 0.15) is 34.5 Å². The Hall–Kier alpha value is -2.63. The summed E-state index contributed by atoms with van der Waals surface area (Å²) in [5.41, 5.74) is 3.25. The highest BCUT2D eigenvalue weighted by Gasteiger charge is 2.16. The second-order valence-corrected chi connectivity index (χ2v) is 4.98. The number of amides is 1. The Morgan fingerprint density at radius 3 is 2.62 bits per heavy atom. The van der Waals surface area contributed by atoms with Crippen molar-refractivity contribution in [2.75, 3.05) is 5.32 Å². The van der Waals surface area contributed by atoms with Gasteiger partial charge in [0.05, 0.1) is 11.8 Å². The minimum Gasteiger partial charge on any atom is -0.480 e. The summed E-state index contributed by atoms with van der Waals surface area (Å²) in [4.78, 5) is 23.0. The van der Waals surface area contributed by atoms with Crippen LogP contribution < -0.4 is 5.32 Å². The normalized spacial score (nSPS) is 12.0. The molecule has 0 saturated carbocycles. The lowest BCUT2D eigenvalue weighted by Gasteiger charge is -2.07. The van der Waals surface area contributed by atoms with Crippen LogP contribution in [0.15, 0.2) is 30.6 Å². The van der Waals surface area contributed by atoms with E-state index in [4.69, 9.17) is 5.11 Å². The van der Waals surface area contributed by atoms with Gasteiger partial charge in [0.2, 0.25) is 0 Å². The number of carboxylic acids is 1. The van der Waals surface area contributed by atoms with E-state index in [9.17, 15) is 9.59 Å². The number of carbonyl (C=O) groups excluding carboxylic acids is 1. The van der Waals surface area contributed by atoms with E-state index in [1.165, 1.54) is 24.0 Å². The lowest BCUT2D eigenvalue weighted by atomic mass is 10.1. The smallest absolute Gasteiger partial charge is 0.328 e. The fraction of sp³-hybridized carbons (Fsp3) is 0.267. The Morgan fingerprint density at radius 1 is 1.29 bits per heavy atom. The van der Waals surface area contributed by atoms with E-state index in [-0.39, 0.29) is 5.91 Å². The van der Waals surface area contributed by atoms with Crippen molar-refractivity contribution in [3.8, 4) is 0 Å². The van der Waals surface area contributed by atoms with Gasteiger partial charge in [0.25, 0.3) is 5.91 Å². The van der Waals surface area contributed by atoms with E-state index < -0.39 is 12.0 Å². The number of anilines is 1. The molecule has 6 heteroatoms. The summed E-state index contributed by atoms with van der Waals surface area (Å²) in [5, 5.41) is 15.6. The third-order valence-electron chi connectivity index (χ3n) is 3.38. The molecule has 0 aliphatic rings. The predicted octanol–water partition coefficient (Wildman–Crippen LogP) is 2.40. The Bertz CT molecular complexity index is 691. The van der Waals surface area contributed by atoms with E-state index in [1.54, 1.807) is 0 Å². The highest BCUT2D eigenvalue weighted by atomic mass is 16.4. The van der Waals surface area contributed by atoms with Gasteiger partial charge in [0.1, 0.15) is 6.04 Å². The summed E-state index contributed by atoms with van der Waals surface area (Å²) in [6, 6.07) is 4.83. The molecule has 1 amide bonds. The monoisotopic (exact) mass is 287 g/mol. The fourth-order valence-electron chi connectivity index (χ4n) is 1.80. The number of hydrogen-bond acceptors (Lipinski definition) is 3. The van der Waals surface area contributed by atoms with Gasteiger partial charge in [-0.15, -0.1) is 0 Å². The van der Waals surface area contributed by atoms with Crippen LogP contribution in [0.5, 0.6) is 0 Å². The molecule has 1 atom stereocenters. The van der Waals surface area contributed by atoms with Gasteiger partial charge in [0, 0.05) is 11.9 Å².